The maximum Gasteiger partial charge on any atom is 0.335 e. The normalized spacial score (nSPS) is 14.6. The van der Waals surface area contributed by atoms with E-state index in [2.05, 4.69) is 26.6 Å². The number of carboxylic acids is 1. The standard InChI is InChI=1S/C21H23N5O3/c27-21(28)16-4-6-19(7-5-16)26-15-20(23-24-26)17-2-1-3-18(14-17)22-8-9-25-10-12-29-13-11-25/h1-7,14-15,22H,8-13H2,(H,27,28). The number of benzene rings is 2. The second-order valence-electron chi connectivity index (χ2n) is 6.86. The van der Waals surface area contributed by atoms with Crippen molar-refractivity contribution >= 4 is 11.7 Å². The lowest BCUT2D eigenvalue weighted by molar-refractivity contribution is 0.0398. The molecule has 150 valence electrons. The predicted octanol–water partition coefficient (Wildman–Crippen LogP) is 2.38. The Balaban J connectivity index is 1.41. The van der Waals surface area contributed by atoms with Gasteiger partial charge in [0.15, 0.2) is 0 Å². The summed E-state index contributed by atoms with van der Waals surface area (Å²) < 4.78 is 7.01. The van der Waals surface area contributed by atoms with E-state index in [-0.39, 0.29) is 5.56 Å². The SMILES string of the molecule is O=C(O)c1ccc(-n2cc(-c3cccc(NCCN4CCOCC4)c3)nn2)cc1. The Labute approximate surface area is 168 Å². The average Bonchev–Trinajstić information content (AvgIpc) is 3.25. The molecule has 29 heavy (non-hydrogen) atoms. The largest absolute Gasteiger partial charge is 0.478 e. The molecule has 0 aliphatic carbocycles. The number of morpholine rings is 1. The lowest BCUT2D eigenvalue weighted by Gasteiger charge is -2.26. The summed E-state index contributed by atoms with van der Waals surface area (Å²) in [6.45, 7) is 5.44. The van der Waals surface area contributed by atoms with Gasteiger partial charge in [0.2, 0.25) is 0 Å². The van der Waals surface area contributed by atoms with Gasteiger partial charge < -0.3 is 15.2 Å². The number of carboxylic acid groups (broad SMARTS) is 1. The first-order valence-corrected chi connectivity index (χ1v) is 9.59. The molecule has 8 nitrogen and oxygen atoms in total. The lowest BCUT2D eigenvalue weighted by Crippen LogP contribution is -2.38. The molecule has 0 amide bonds. The van der Waals surface area contributed by atoms with Gasteiger partial charge in [0.25, 0.3) is 0 Å². The fourth-order valence-corrected chi connectivity index (χ4v) is 3.25. The summed E-state index contributed by atoms with van der Waals surface area (Å²) in [4.78, 5) is 13.4. The molecule has 3 aromatic rings. The molecular weight excluding hydrogens is 370 g/mol. The molecular formula is C21H23N5O3. The maximum atomic E-state index is 11.0. The smallest absolute Gasteiger partial charge is 0.335 e. The van der Waals surface area contributed by atoms with Crippen LogP contribution < -0.4 is 5.32 Å². The Morgan fingerprint density at radius 2 is 1.93 bits per heavy atom. The van der Waals surface area contributed by atoms with Crippen LogP contribution in [0.15, 0.2) is 54.7 Å². The Morgan fingerprint density at radius 1 is 1.14 bits per heavy atom. The van der Waals surface area contributed by atoms with Crippen LogP contribution in [0.1, 0.15) is 10.4 Å². The number of aromatic carboxylic acids is 1. The van der Waals surface area contributed by atoms with Gasteiger partial charge in [-0.2, -0.15) is 0 Å². The highest BCUT2D eigenvalue weighted by Crippen LogP contribution is 2.21. The lowest BCUT2D eigenvalue weighted by atomic mass is 10.1. The first-order chi connectivity index (χ1) is 14.2. The van der Waals surface area contributed by atoms with Crippen LogP contribution in [0.2, 0.25) is 0 Å². The van der Waals surface area contributed by atoms with Crippen molar-refractivity contribution in [1.82, 2.24) is 19.9 Å². The number of hydrogen-bond donors (Lipinski definition) is 2. The van der Waals surface area contributed by atoms with Crippen molar-refractivity contribution < 1.29 is 14.6 Å². The zero-order valence-electron chi connectivity index (χ0n) is 16.0. The fourth-order valence-electron chi connectivity index (χ4n) is 3.25. The molecule has 0 atom stereocenters. The molecule has 0 radical (unpaired) electrons. The molecule has 2 aromatic carbocycles. The zero-order valence-corrected chi connectivity index (χ0v) is 16.0. The minimum atomic E-state index is -0.950. The minimum Gasteiger partial charge on any atom is -0.478 e. The molecule has 0 saturated carbocycles. The van der Waals surface area contributed by atoms with Crippen molar-refractivity contribution in [3.63, 3.8) is 0 Å². The highest BCUT2D eigenvalue weighted by molar-refractivity contribution is 5.87. The van der Waals surface area contributed by atoms with Gasteiger partial charge in [0.1, 0.15) is 5.69 Å². The van der Waals surface area contributed by atoms with E-state index in [4.69, 9.17) is 9.84 Å². The molecule has 8 heteroatoms. The van der Waals surface area contributed by atoms with Crippen molar-refractivity contribution in [2.75, 3.05) is 44.7 Å². The first-order valence-electron chi connectivity index (χ1n) is 9.59. The summed E-state index contributed by atoms with van der Waals surface area (Å²) in [5.41, 5.74) is 3.76. The first kappa shape index (κ1) is 19.1. The zero-order chi connectivity index (χ0) is 20.1. The van der Waals surface area contributed by atoms with Crippen molar-refractivity contribution in [1.29, 1.82) is 0 Å². The van der Waals surface area contributed by atoms with Gasteiger partial charge in [-0.3, -0.25) is 4.90 Å². The predicted molar refractivity (Wildman–Crippen MR) is 110 cm³/mol. The van der Waals surface area contributed by atoms with E-state index < -0.39 is 5.97 Å². The van der Waals surface area contributed by atoms with Gasteiger partial charge >= 0.3 is 5.97 Å². The second kappa shape index (κ2) is 8.85. The summed E-state index contributed by atoms with van der Waals surface area (Å²) in [6.07, 6.45) is 1.84. The Morgan fingerprint density at radius 3 is 2.69 bits per heavy atom. The van der Waals surface area contributed by atoms with Crippen LogP contribution >= 0.6 is 0 Å². The van der Waals surface area contributed by atoms with Crippen molar-refractivity contribution in [2.24, 2.45) is 0 Å². The molecule has 1 aliphatic rings. The van der Waals surface area contributed by atoms with Gasteiger partial charge in [-0.05, 0) is 36.4 Å². The highest BCUT2D eigenvalue weighted by Gasteiger charge is 2.10. The van der Waals surface area contributed by atoms with Gasteiger partial charge in [-0.1, -0.05) is 17.3 Å². The van der Waals surface area contributed by atoms with Crippen LogP contribution in [0, 0.1) is 0 Å². The molecule has 1 fully saturated rings. The van der Waals surface area contributed by atoms with Gasteiger partial charge in [0, 0.05) is 37.4 Å². The van der Waals surface area contributed by atoms with E-state index in [1.807, 2.05) is 24.4 Å². The van der Waals surface area contributed by atoms with E-state index in [9.17, 15) is 4.79 Å². The Bertz CT molecular complexity index is 964. The van der Waals surface area contributed by atoms with E-state index >= 15 is 0 Å². The van der Waals surface area contributed by atoms with Crippen molar-refractivity contribution in [3.8, 4) is 16.9 Å². The van der Waals surface area contributed by atoms with Crippen molar-refractivity contribution in [3.05, 3.63) is 60.3 Å². The number of ether oxygens (including phenoxy) is 1. The third kappa shape index (κ3) is 4.79. The number of aromatic nitrogens is 3. The van der Waals surface area contributed by atoms with E-state index in [0.717, 1.165) is 62.0 Å². The number of carbonyl (C=O) groups is 1. The molecule has 1 aromatic heterocycles. The third-order valence-electron chi connectivity index (χ3n) is 4.89. The summed E-state index contributed by atoms with van der Waals surface area (Å²) in [5, 5.41) is 20.9. The average molecular weight is 393 g/mol. The monoisotopic (exact) mass is 393 g/mol. The number of anilines is 1. The topological polar surface area (TPSA) is 92.5 Å². The molecule has 1 saturated heterocycles. The number of rotatable bonds is 7. The molecule has 0 unspecified atom stereocenters. The van der Waals surface area contributed by atoms with E-state index in [1.165, 1.54) is 0 Å². The summed E-state index contributed by atoms with van der Waals surface area (Å²) >= 11 is 0. The number of nitrogens with zero attached hydrogens (tertiary/aromatic N) is 4. The van der Waals surface area contributed by atoms with E-state index in [0.29, 0.717) is 0 Å². The highest BCUT2D eigenvalue weighted by atomic mass is 16.5. The molecule has 2 N–H and O–H groups in total. The van der Waals surface area contributed by atoms with Gasteiger partial charge in [-0.15, -0.1) is 5.10 Å². The number of nitrogens with one attached hydrogen (secondary N) is 1. The quantitative estimate of drug-likeness (QED) is 0.637. The molecule has 0 spiro atoms. The minimum absolute atomic E-state index is 0.241. The molecule has 4 rings (SSSR count). The number of hydrogen-bond acceptors (Lipinski definition) is 6. The van der Waals surface area contributed by atoms with Crippen LogP contribution in [0.25, 0.3) is 16.9 Å². The molecule has 1 aliphatic heterocycles. The summed E-state index contributed by atoms with van der Waals surface area (Å²) in [5.74, 6) is -0.950. The summed E-state index contributed by atoms with van der Waals surface area (Å²) in [7, 11) is 0. The van der Waals surface area contributed by atoms with Gasteiger partial charge in [0.05, 0.1) is 30.7 Å². The van der Waals surface area contributed by atoms with Crippen LogP contribution in [-0.4, -0.2) is 70.4 Å². The van der Waals surface area contributed by atoms with Gasteiger partial charge in [-0.25, -0.2) is 9.48 Å². The van der Waals surface area contributed by atoms with Crippen LogP contribution in [0.4, 0.5) is 5.69 Å². The summed E-state index contributed by atoms with van der Waals surface area (Å²) in [6, 6.07) is 14.6. The van der Waals surface area contributed by atoms with Crippen LogP contribution in [0.3, 0.4) is 0 Å². The van der Waals surface area contributed by atoms with Crippen LogP contribution in [-0.2, 0) is 4.74 Å². The molecule has 2 heterocycles. The van der Waals surface area contributed by atoms with Crippen LogP contribution in [0.5, 0.6) is 0 Å². The second-order valence-corrected chi connectivity index (χ2v) is 6.86. The Hall–Kier alpha value is -3.23. The Kier molecular flexibility index (Phi) is 5.83. The molecule has 0 bridgehead atoms. The van der Waals surface area contributed by atoms with E-state index in [1.54, 1.807) is 28.9 Å². The fraction of sp³-hybridized carbons (Fsp3) is 0.286. The van der Waals surface area contributed by atoms with Crippen molar-refractivity contribution in [2.45, 2.75) is 0 Å². The maximum absolute atomic E-state index is 11.0. The third-order valence-corrected chi connectivity index (χ3v) is 4.89.